The maximum absolute atomic E-state index is 13.8. The Labute approximate surface area is 213 Å². The number of rotatable bonds is 6. The van der Waals surface area contributed by atoms with Gasteiger partial charge in [0.1, 0.15) is 5.75 Å². The molecule has 184 valence electrons. The van der Waals surface area contributed by atoms with Gasteiger partial charge in [-0.1, -0.05) is 68.4 Å². The second-order valence-corrected chi connectivity index (χ2v) is 9.53. The SMILES string of the molecule is CCOc1ccccc1N1CCN(C(=O)c2cc(-c3ccc(C(C)C)cc3)nc3ccccc23)CC1. The Kier molecular flexibility index (Phi) is 6.90. The third-order valence-electron chi connectivity index (χ3n) is 6.89. The van der Waals surface area contributed by atoms with Gasteiger partial charge in [-0.05, 0) is 42.7 Å². The summed E-state index contributed by atoms with van der Waals surface area (Å²) in [5, 5.41) is 0.897. The number of amides is 1. The van der Waals surface area contributed by atoms with E-state index < -0.39 is 0 Å². The van der Waals surface area contributed by atoms with Gasteiger partial charge >= 0.3 is 0 Å². The molecular weight excluding hydrogens is 446 g/mol. The minimum atomic E-state index is 0.0615. The molecule has 0 saturated carbocycles. The summed E-state index contributed by atoms with van der Waals surface area (Å²) >= 11 is 0. The molecule has 1 aliphatic rings. The van der Waals surface area contributed by atoms with Gasteiger partial charge in [0.15, 0.2) is 0 Å². The summed E-state index contributed by atoms with van der Waals surface area (Å²) in [6, 6.07) is 26.5. The average molecular weight is 480 g/mol. The van der Waals surface area contributed by atoms with Crippen LogP contribution in [0.2, 0.25) is 0 Å². The predicted octanol–water partition coefficient (Wildman–Crippen LogP) is 6.39. The fourth-order valence-electron chi connectivity index (χ4n) is 4.86. The van der Waals surface area contributed by atoms with E-state index in [1.165, 1.54) is 5.56 Å². The first-order valence-electron chi connectivity index (χ1n) is 12.8. The summed E-state index contributed by atoms with van der Waals surface area (Å²) in [6.45, 7) is 9.87. The minimum Gasteiger partial charge on any atom is -0.492 e. The molecule has 36 heavy (non-hydrogen) atoms. The zero-order chi connectivity index (χ0) is 25.1. The van der Waals surface area contributed by atoms with Crippen molar-refractivity contribution in [3.8, 4) is 17.0 Å². The highest BCUT2D eigenvalue weighted by molar-refractivity contribution is 6.07. The molecule has 0 spiro atoms. The number of pyridine rings is 1. The van der Waals surface area contributed by atoms with E-state index >= 15 is 0 Å². The number of fused-ring (bicyclic) bond motifs is 1. The van der Waals surface area contributed by atoms with Gasteiger partial charge in [0.2, 0.25) is 0 Å². The van der Waals surface area contributed by atoms with Gasteiger partial charge in [-0.25, -0.2) is 4.98 Å². The van der Waals surface area contributed by atoms with Crippen molar-refractivity contribution in [3.05, 3.63) is 90.0 Å². The monoisotopic (exact) mass is 479 g/mol. The molecule has 1 fully saturated rings. The number of hydrogen-bond donors (Lipinski definition) is 0. The summed E-state index contributed by atoms with van der Waals surface area (Å²) < 4.78 is 5.83. The van der Waals surface area contributed by atoms with Crippen LogP contribution in [-0.2, 0) is 0 Å². The zero-order valence-electron chi connectivity index (χ0n) is 21.3. The van der Waals surface area contributed by atoms with Gasteiger partial charge in [-0.3, -0.25) is 4.79 Å². The number of benzene rings is 3. The fourth-order valence-corrected chi connectivity index (χ4v) is 4.86. The van der Waals surface area contributed by atoms with E-state index in [0.29, 0.717) is 31.2 Å². The molecule has 0 unspecified atom stereocenters. The van der Waals surface area contributed by atoms with E-state index in [4.69, 9.17) is 9.72 Å². The number of aromatic nitrogens is 1. The molecule has 5 heteroatoms. The van der Waals surface area contributed by atoms with E-state index in [1.54, 1.807) is 0 Å². The van der Waals surface area contributed by atoms with E-state index in [9.17, 15) is 4.79 Å². The molecule has 0 N–H and O–H groups in total. The van der Waals surface area contributed by atoms with Crippen LogP contribution in [0.5, 0.6) is 5.75 Å². The highest BCUT2D eigenvalue weighted by Crippen LogP contribution is 2.30. The molecule has 1 aliphatic heterocycles. The first-order valence-corrected chi connectivity index (χ1v) is 12.8. The number of carbonyl (C=O) groups excluding carboxylic acids is 1. The lowest BCUT2D eigenvalue weighted by atomic mass is 9.99. The summed E-state index contributed by atoms with van der Waals surface area (Å²) in [4.78, 5) is 23.0. The van der Waals surface area contributed by atoms with Crippen molar-refractivity contribution < 1.29 is 9.53 Å². The number of para-hydroxylation sites is 3. The Morgan fingerprint density at radius 2 is 1.61 bits per heavy atom. The maximum Gasteiger partial charge on any atom is 0.254 e. The average Bonchev–Trinajstić information content (AvgIpc) is 2.93. The molecule has 0 aliphatic carbocycles. The second-order valence-electron chi connectivity index (χ2n) is 9.53. The Bertz CT molecular complexity index is 1360. The number of anilines is 1. The lowest BCUT2D eigenvalue weighted by Crippen LogP contribution is -2.49. The molecule has 1 amide bonds. The highest BCUT2D eigenvalue weighted by atomic mass is 16.5. The van der Waals surface area contributed by atoms with Crippen molar-refractivity contribution in [1.29, 1.82) is 0 Å². The number of nitrogens with zero attached hydrogens (tertiary/aromatic N) is 3. The number of carbonyl (C=O) groups is 1. The number of piperazine rings is 1. The molecule has 0 atom stereocenters. The van der Waals surface area contributed by atoms with Crippen LogP contribution in [0.25, 0.3) is 22.2 Å². The molecule has 1 saturated heterocycles. The molecule has 1 aromatic heterocycles. The highest BCUT2D eigenvalue weighted by Gasteiger charge is 2.25. The van der Waals surface area contributed by atoms with Crippen molar-refractivity contribution in [1.82, 2.24) is 9.88 Å². The second kappa shape index (κ2) is 10.4. The Morgan fingerprint density at radius 3 is 2.33 bits per heavy atom. The topological polar surface area (TPSA) is 45.7 Å². The lowest BCUT2D eigenvalue weighted by Gasteiger charge is -2.37. The third kappa shape index (κ3) is 4.78. The van der Waals surface area contributed by atoms with Crippen LogP contribution < -0.4 is 9.64 Å². The van der Waals surface area contributed by atoms with Crippen LogP contribution in [-0.4, -0.2) is 48.6 Å². The molecule has 5 nitrogen and oxygen atoms in total. The summed E-state index contributed by atoms with van der Waals surface area (Å²) in [5.74, 6) is 1.43. The van der Waals surface area contributed by atoms with Crippen LogP contribution in [0.1, 0.15) is 42.6 Å². The first-order chi connectivity index (χ1) is 17.5. The molecule has 4 aromatic rings. The molecule has 0 bridgehead atoms. The quantitative estimate of drug-likeness (QED) is 0.322. The van der Waals surface area contributed by atoms with Crippen molar-refractivity contribution in [2.45, 2.75) is 26.7 Å². The van der Waals surface area contributed by atoms with E-state index in [1.807, 2.05) is 60.4 Å². The predicted molar refractivity (Wildman–Crippen MR) is 147 cm³/mol. The van der Waals surface area contributed by atoms with Gasteiger partial charge in [-0.15, -0.1) is 0 Å². The van der Waals surface area contributed by atoms with E-state index in [0.717, 1.165) is 46.7 Å². The van der Waals surface area contributed by atoms with Crippen molar-refractivity contribution in [2.24, 2.45) is 0 Å². The Balaban J connectivity index is 1.41. The van der Waals surface area contributed by atoms with E-state index in [2.05, 4.69) is 49.1 Å². The van der Waals surface area contributed by atoms with Crippen LogP contribution in [0.15, 0.2) is 78.9 Å². The number of hydrogen-bond acceptors (Lipinski definition) is 4. The van der Waals surface area contributed by atoms with Crippen molar-refractivity contribution in [3.63, 3.8) is 0 Å². The molecule has 0 radical (unpaired) electrons. The van der Waals surface area contributed by atoms with Gasteiger partial charge in [0.05, 0.1) is 29.1 Å². The summed E-state index contributed by atoms with van der Waals surface area (Å²) in [5.41, 5.74) is 5.79. The van der Waals surface area contributed by atoms with Crippen LogP contribution >= 0.6 is 0 Å². The minimum absolute atomic E-state index is 0.0615. The zero-order valence-corrected chi connectivity index (χ0v) is 21.3. The molecule has 5 rings (SSSR count). The fraction of sp³-hybridized carbons (Fsp3) is 0.290. The smallest absolute Gasteiger partial charge is 0.254 e. The van der Waals surface area contributed by atoms with Crippen molar-refractivity contribution in [2.75, 3.05) is 37.7 Å². The molecule has 3 aromatic carbocycles. The standard InChI is InChI=1S/C31H33N3O2/c1-4-36-30-12-8-7-11-29(30)33-17-19-34(20-18-33)31(35)26-21-28(32-27-10-6-5-9-25(26)27)24-15-13-23(14-16-24)22(2)3/h5-16,21-22H,4,17-20H2,1-3H3. The number of ether oxygens (including phenoxy) is 1. The van der Waals surface area contributed by atoms with Gasteiger partial charge < -0.3 is 14.5 Å². The van der Waals surface area contributed by atoms with Crippen molar-refractivity contribution >= 4 is 22.5 Å². The van der Waals surface area contributed by atoms with E-state index in [-0.39, 0.29) is 5.91 Å². The first kappa shape index (κ1) is 23.9. The normalized spacial score (nSPS) is 13.9. The third-order valence-corrected chi connectivity index (χ3v) is 6.89. The lowest BCUT2D eigenvalue weighted by molar-refractivity contribution is 0.0748. The van der Waals surface area contributed by atoms with Crippen LogP contribution in [0.4, 0.5) is 5.69 Å². The molecular formula is C31H33N3O2. The Hall–Kier alpha value is -3.86. The molecule has 2 heterocycles. The van der Waals surface area contributed by atoms with Crippen LogP contribution in [0, 0.1) is 0 Å². The summed E-state index contributed by atoms with van der Waals surface area (Å²) in [6.07, 6.45) is 0. The Morgan fingerprint density at radius 1 is 0.917 bits per heavy atom. The largest absolute Gasteiger partial charge is 0.492 e. The van der Waals surface area contributed by atoms with Gasteiger partial charge in [0, 0.05) is 37.1 Å². The maximum atomic E-state index is 13.8. The van der Waals surface area contributed by atoms with Gasteiger partial charge in [0.25, 0.3) is 5.91 Å². The van der Waals surface area contributed by atoms with Gasteiger partial charge in [-0.2, -0.15) is 0 Å². The van der Waals surface area contributed by atoms with Crippen LogP contribution in [0.3, 0.4) is 0 Å². The summed E-state index contributed by atoms with van der Waals surface area (Å²) in [7, 11) is 0.